The number of rotatable bonds is 5. The first kappa shape index (κ1) is 15.5. The second-order valence-electron chi connectivity index (χ2n) is 4.31. The number of hydrogen-bond acceptors (Lipinski definition) is 3. The second kappa shape index (κ2) is 7.76. The van der Waals surface area contributed by atoms with Crippen LogP contribution in [-0.4, -0.2) is 31.4 Å². The molecule has 0 aliphatic carbocycles. The normalized spacial score (nSPS) is 13.9. The molecule has 6 heteroatoms. The molecule has 0 radical (unpaired) electrons. The minimum absolute atomic E-state index is 0. The fourth-order valence-electron chi connectivity index (χ4n) is 1.66. The first-order valence-corrected chi connectivity index (χ1v) is 6.09. The molecule has 2 rings (SSSR count). The molecule has 0 spiro atoms. The largest absolute Gasteiger partial charge is 0.355 e. The quantitative estimate of drug-likeness (QED) is 0.748. The Morgan fingerprint density at radius 2 is 1.89 bits per heavy atom. The van der Waals surface area contributed by atoms with Crippen LogP contribution in [0.1, 0.15) is 6.42 Å². The maximum absolute atomic E-state index is 11.6. The van der Waals surface area contributed by atoms with Crippen LogP contribution in [0.5, 0.6) is 0 Å². The molecular formula is C13H18ClN3O2. The molecule has 0 bridgehead atoms. The van der Waals surface area contributed by atoms with E-state index in [2.05, 4.69) is 16.0 Å². The van der Waals surface area contributed by atoms with E-state index >= 15 is 0 Å². The van der Waals surface area contributed by atoms with Gasteiger partial charge in [-0.3, -0.25) is 9.59 Å². The summed E-state index contributed by atoms with van der Waals surface area (Å²) in [5.74, 6) is 0.0108. The van der Waals surface area contributed by atoms with Gasteiger partial charge in [0.2, 0.25) is 11.8 Å². The predicted octanol–water partition coefficient (Wildman–Crippen LogP) is 0.773. The summed E-state index contributed by atoms with van der Waals surface area (Å²) in [6.07, 6.45) is 0.292. The highest BCUT2D eigenvalue weighted by atomic mass is 35.5. The van der Waals surface area contributed by atoms with Crippen molar-refractivity contribution in [3.05, 3.63) is 30.3 Å². The molecule has 104 valence electrons. The van der Waals surface area contributed by atoms with Gasteiger partial charge in [-0.2, -0.15) is 0 Å². The summed E-state index contributed by atoms with van der Waals surface area (Å²) >= 11 is 0. The molecule has 0 aromatic heterocycles. The van der Waals surface area contributed by atoms with E-state index in [1.165, 1.54) is 0 Å². The standard InChI is InChI=1S/C13H17N3O2.ClH/c17-12(16-11-4-2-1-3-5-11)6-7-15-13(18)10-8-14-9-10;/h1-5,10,14H,6-9H2,(H,15,18)(H,16,17);1H. The van der Waals surface area contributed by atoms with E-state index < -0.39 is 0 Å². The van der Waals surface area contributed by atoms with Gasteiger partial charge in [0.05, 0.1) is 5.92 Å². The minimum Gasteiger partial charge on any atom is -0.355 e. The van der Waals surface area contributed by atoms with Crippen LogP contribution in [0.4, 0.5) is 5.69 Å². The smallest absolute Gasteiger partial charge is 0.226 e. The van der Waals surface area contributed by atoms with Crippen molar-refractivity contribution in [2.75, 3.05) is 25.0 Å². The SMILES string of the molecule is Cl.O=C(CCNC(=O)C1CNC1)Nc1ccccc1. The van der Waals surface area contributed by atoms with Gasteiger partial charge in [-0.05, 0) is 12.1 Å². The molecule has 0 saturated carbocycles. The van der Waals surface area contributed by atoms with E-state index in [1.807, 2.05) is 30.3 Å². The van der Waals surface area contributed by atoms with E-state index in [0.29, 0.717) is 13.0 Å². The van der Waals surface area contributed by atoms with Crippen LogP contribution in [0, 0.1) is 5.92 Å². The molecule has 2 amide bonds. The van der Waals surface area contributed by atoms with E-state index in [9.17, 15) is 9.59 Å². The third-order valence-corrected chi connectivity index (χ3v) is 2.86. The maximum Gasteiger partial charge on any atom is 0.226 e. The van der Waals surface area contributed by atoms with Gasteiger partial charge in [-0.15, -0.1) is 12.4 Å². The van der Waals surface area contributed by atoms with Gasteiger partial charge in [0, 0.05) is 31.7 Å². The topological polar surface area (TPSA) is 70.2 Å². The number of carbonyl (C=O) groups excluding carboxylic acids is 2. The summed E-state index contributed by atoms with van der Waals surface area (Å²) in [4.78, 5) is 23.1. The number of para-hydroxylation sites is 1. The summed E-state index contributed by atoms with van der Waals surface area (Å²) in [6.45, 7) is 1.86. The zero-order chi connectivity index (χ0) is 12.8. The molecule has 1 saturated heterocycles. The van der Waals surface area contributed by atoms with Crippen molar-refractivity contribution in [3.63, 3.8) is 0 Å². The van der Waals surface area contributed by atoms with Crippen molar-refractivity contribution < 1.29 is 9.59 Å². The number of carbonyl (C=O) groups is 2. The van der Waals surface area contributed by atoms with E-state index in [0.717, 1.165) is 18.8 Å². The van der Waals surface area contributed by atoms with Gasteiger partial charge >= 0.3 is 0 Å². The summed E-state index contributed by atoms with van der Waals surface area (Å²) in [5.41, 5.74) is 0.775. The number of anilines is 1. The third-order valence-electron chi connectivity index (χ3n) is 2.86. The van der Waals surface area contributed by atoms with Crippen molar-refractivity contribution in [2.45, 2.75) is 6.42 Å². The molecule has 3 N–H and O–H groups in total. The Morgan fingerprint density at radius 3 is 2.47 bits per heavy atom. The maximum atomic E-state index is 11.6. The zero-order valence-corrected chi connectivity index (χ0v) is 11.3. The average Bonchev–Trinajstić information content (AvgIpc) is 2.27. The van der Waals surface area contributed by atoms with Crippen LogP contribution in [0.3, 0.4) is 0 Å². The van der Waals surface area contributed by atoms with Crippen LogP contribution in [-0.2, 0) is 9.59 Å². The Morgan fingerprint density at radius 1 is 1.21 bits per heavy atom. The van der Waals surface area contributed by atoms with Crippen LogP contribution >= 0.6 is 12.4 Å². The molecule has 1 aliphatic heterocycles. The van der Waals surface area contributed by atoms with Crippen molar-refractivity contribution >= 4 is 29.9 Å². The summed E-state index contributed by atoms with van der Waals surface area (Å²) < 4.78 is 0. The van der Waals surface area contributed by atoms with E-state index in [-0.39, 0.29) is 30.1 Å². The molecule has 1 aromatic carbocycles. The molecule has 0 unspecified atom stereocenters. The van der Waals surface area contributed by atoms with Crippen LogP contribution in [0.2, 0.25) is 0 Å². The third kappa shape index (κ3) is 4.89. The lowest BCUT2D eigenvalue weighted by Crippen LogP contribution is -2.51. The number of benzene rings is 1. The Labute approximate surface area is 118 Å². The molecular weight excluding hydrogens is 266 g/mol. The lowest BCUT2D eigenvalue weighted by atomic mass is 10.0. The van der Waals surface area contributed by atoms with Gasteiger partial charge in [0.1, 0.15) is 0 Å². The highest BCUT2D eigenvalue weighted by Crippen LogP contribution is 2.05. The summed E-state index contributed by atoms with van der Waals surface area (Å²) in [7, 11) is 0. The van der Waals surface area contributed by atoms with Crippen LogP contribution in [0.15, 0.2) is 30.3 Å². The first-order valence-electron chi connectivity index (χ1n) is 6.09. The Hall–Kier alpha value is -1.59. The van der Waals surface area contributed by atoms with Gasteiger partial charge in [-0.1, -0.05) is 18.2 Å². The van der Waals surface area contributed by atoms with Crippen molar-refractivity contribution in [1.29, 1.82) is 0 Å². The molecule has 19 heavy (non-hydrogen) atoms. The molecule has 0 atom stereocenters. The van der Waals surface area contributed by atoms with Gasteiger partial charge in [0.15, 0.2) is 0 Å². The van der Waals surface area contributed by atoms with Crippen molar-refractivity contribution in [1.82, 2.24) is 10.6 Å². The molecule has 5 nitrogen and oxygen atoms in total. The highest BCUT2D eigenvalue weighted by Gasteiger charge is 2.24. The fourth-order valence-corrected chi connectivity index (χ4v) is 1.66. The van der Waals surface area contributed by atoms with Crippen LogP contribution < -0.4 is 16.0 Å². The summed E-state index contributed by atoms with van der Waals surface area (Å²) in [6, 6.07) is 9.28. The minimum atomic E-state index is -0.0896. The molecule has 1 aromatic rings. The van der Waals surface area contributed by atoms with E-state index in [4.69, 9.17) is 0 Å². The van der Waals surface area contributed by atoms with Crippen LogP contribution in [0.25, 0.3) is 0 Å². The number of amides is 2. The monoisotopic (exact) mass is 283 g/mol. The predicted molar refractivity (Wildman–Crippen MR) is 76.3 cm³/mol. The molecule has 1 heterocycles. The fraction of sp³-hybridized carbons (Fsp3) is 0.385. The number of hydrogen-bond donors (Lipinski definition) is 3. The average molecular weight is 284 g/mol. The second-order valence-corrected chi connectivity index (χ2v) is 4.31. The number of nitrogens with one attached hydrogen (secondary N) is 3. The Kier molecular flexibility index (Phi) is 6.32. The lowest BCUT2D eigenvalue weighted by Gasteiger charge is -2.25. The zero-order valence-electron chi connectivity index (χ0n) is 10.5. The number of halogens is 1. The highest BCUT2D eigenvalue weighted by molar-refractivity contribution is 5.91. The van der Waals surface area contributed by atoms with Gasteiger partial charge in [0.25, 0.3) is 0 Å². The van der Waals surface area contributed by atoms with Gasteiger partial charge in [-0.25, -0.2) is 0 Å². The van der Waals surface area contributed by atoms with E-state index in [1.54, 1.807) is 0 Å². The van der Waals surface area contributed by atoms with Crippen molar-refractivity contribution in [2.24, 2.45) is 5.92 Å². The first-order chi connectivity index (χ1) is 8.75. The van der Waals surface area contributed by atoms with Crippen molar-refractivity contribution in [3.8, 4) is 0 Å². The molecule has 1 fully saturated rings. The Balaban J connectivity index is 0.00000180. The Bertz CT molecular complexity index is 421. The lowest BCUT2D eigenvalue weighted by molar-refractivity contribution is -0.126. The summed E-state index contributed by atoms with van der Waals surface area (Å²) in [5, 5.41) is 8.57. The molecule has 1 aliphatic rings. The van der Waals surface area contributed by atoms with Gasteiger partial charge < -0.3 is 16.0 Å².